The summed E-state index contributed by atoms with van der Waals surface area (Å²) in [5.41, 5.74) is 2.55. The van der Waals surface area contributed by atoms with Crippen molar-refractivity contribution < 1.29 is 18.7 Å². The average molecular weight is 332 g/mol. The molecule has 8 nitrogen and oxygen atoms in total. The molecule has 3 heterocycles. The summed E-state index contributed by atoms with van der Waals surface area (Å²) in [6.07, 6.45) is 4.28. The normalized spacial score (nSPS) is 13.6. The van der Waals surface area contributed by atoms with Gasteiger partial charge in [0.2, 0.25) is 0 Å². The van der Waals surface area contributed by atoms with Crippen LogP contribution in [0.4, 0.5) is 0 Å². The molecule has 0 saturated heterocycles. The number of fused-ring (bicyclic) bond motifs is 1. The Kier molecular flexibility index (Phi) is 4.95. The van der Waals surface area contributed by atoms with E-state index in [-0.39, 0.29) is 11.8 Å². The molecule has 128 valence electrons. The van der Waals surface area contributed by atoms with E-state index in [4.69, 9.17) is 9.15 Å². The number of aromatic nitrogens is 2. The average Bonchev–Trinajstić information content (AvgIpc) is 3.26. The maximum atomic E-state index is 12.4. The van der Waals surface area contributed by atoms with Gasteiger partial charge in [-0.15, -0.1) is 0 Å². The van der Waals surface area contributed by atoms with Gasteiger partial charge >= 0.3 is 0 Å². The molecule has 3 rings (SSSR count). The van der Waals surface area contributed by atoms with Crippen molar-refractivity contribution >= 4 is 11.8 Å². The molecule has 2 aromatic rings. The van der Waals surface area contributed by atoms with Crippen molar-refractivity contribution in [1.29, 1.82) is 0 Å². The summed E-state index contributed by atoms with van der Waals surface area (Å²) in [5.74, 6) is -0.344. The molecule has 2 amide bonds. The molecule has 0 atom stereocenters. The Morgan fingerprint density at radius 3 is 3.12 bits per heavy atom. The van der Waals surface area contributed by atoms with Gasteiger partial charge in [0.05, 0.1) is 18.4 Å². The van der Waals surface area contributed by atoms with Gasteiger partial charge in [0.25, 0.3) is 11.8 Å². The highest BCUT2D eigenvalue weighted by Crippen LogP contribution is 2.22. The summed E-state index contributed by atoms with van der Waals surface area (Å²) in [5, 5.41) is 9.86. The maximum Gasteiger partial charge on any atom is 0.272 e. The number of methoxy groups -OCH3 is 1. The van der Waals surface area contributed by atoms with Gasteiger partial charge < -0.3 is 19.4 Å². The smallest absolute Gasteiger partial charge is 0.272 e. The number of aromatic amines is 1. The fraction of sp³-hybridized carbons (Fsp3) is 0.438. The first-order valence-electron chi connectivity index (χ1n) is 7.85. The number of ether oxygens (including phenoxy) is 1. The number of hydrogen-bond donors (Lipinski definition) is 2. The lowest BCUT2D eigenvalue weighted by atomic mass is 10.0. The molecule has 0 saturated carbocycles. The van der Waals surface area contributed by atoms with Crippen molar-refractivity contribution in [2.75, 3.05) is 26.8 Å². The molecule has 0 bridgehead atoms. The lowest BCUT2D eigenvalue weighted by Gasteiger charge is -2.26. The van der Waals surface area contributed by atoms with Crippen LogP contribution in [0.25, 0.3) is 0 Å². The molecule has 0 radical (unpaired) electrons. The summed E-state index contributed by atoms with van der Waals surface area (Å²) in [4.78, 5) is 26.4. The largest absolute Gasteiger partial charge is 0.472 e. The van der Waals surface area contributed by atoms with Gasteiger partial charge in [-0.1, -0.05) is 0 Å². The minimum atomic E-state index is -0.235. The van der Waals surface area contributed by atoms with Crippen LogP contribution in [0.5, 0.6) is 0 Å². The molecule has 1 aliphatic heterocycles. The molecule has 0 aromatic carbocycles. The number of carbonyl (C=O) groups excluding carboxylic acids is 2. The quantitative estimate of drug-likeness (QED) is 0.768. The molecule has 8 heteroatoms. The second-order valence-corrected chi connectivity index (χ2v) is 5.62. The Balaban J connectivity index is 1.68. The van der Waals surface area contributed by atoms with Gasteiger partial charge in [0.1, 0.15) is 6.26 Å². The number of furan rings is 1. The number of rotatable bonds is 6. The zero-order chi connectivity index (χ0) is 16.9. The molecular formula is C16H20N4O4. The SMILES string of the molecule is COCCCNC(=O)c1n[nH]c2c1CN(C(=O)c1ccoc1)CC2. The molecular weight excluding hydrogens is 312 g/mol. The first-order valence-corrected chi connectivity index (χ1v) is 7.85. The van der Waals surface area contributed by atoms with Gasteiger partial charge in [-0.2, -0.15) is 5.10 Å². The summed E-state index contributed by atoms with van der Waals surface area (Å²) < 4.78 is 9.92. The van der Waals surface area contributed by atoms with Crippen molar-refractivity contribution in [3.8, 4) is 0 Å². The molecule has 2 aromatic heterocycles. The standard InChI is InChI=1S/C16H20N4O4/c1-23-7-2-5-17-15(21)14-12-9-20(6-3-13(12)18-19-14)16(22)11-4-8-24-10-11/h4,8,10H,2-3,5-7,9H2,1H3,(H,17,21)(H,18,19). The minimum absolute atomic E-state index is 0.109. The first kappa shape index (κ1) is 16.3. The highest BCUT2D eigenvalue weighted by molar-refractivity contribution is 5.96. The summed E-state index contributed by atoms with van der Waals surface area (Å²) in [6, 6.07) is 1.64. The Hall–Kier alpha value is -2.61. The van der Waals surface area contributed by atoms with Crippen molar-refractivity contribution in [2.45, 2.75) is 19.4 Å². The van der Waals surface area contributed by atoms with Gasteiger partial charge in [0.15, 0.2) is 5.69 Å². The Bertz CT molecular complexity index is 708. The van der Waals surface area contributed by atoms with E-state index in [2.05, 4.69) is 15.5 Å². The molecule has 2 N–H and O–H groups in total. The van der Waals surface area contributed by atoms with E-state index in [0.29, 0.717) is 43.9 Å². The predicted octanol–water partition coefficient (Wildman–Crippen LogP) is 0.967. The number of carbonyl (C=O) groups is 2. The molecule has 0 unspecified atom stereocenters. The summed E-state index contributed by atoms with van der Waals surface area (Å²) in [6.45, 7) is 2.04. The van der Waals surface area contributed by atoms with Crippen LogP contribution in [-0.4, -0.2) is 53.7 Å². The molecule has 24 heavy (non-hydrogen) atoms. The van der Waals surface area contributed by atoms with E-state index in [1.807, 2.05) is 0 Å². The summed E-state index contributed by atoms with van der Waals surface area (Å²) in [7, 11) is 1.62. The third kappa shape index (κ3) is 3.33. The number of H-pyrrole nitrogens is 1. The van der Waals surface area contributed by atoms with E-state index in [0.717, 1.165) is 17.7 Å². The second kappa shape index (κ2) is 7.31. The van der Waals surface area contributed by atoms with E-state index >= 15 is 0 Å². The number of nitrogens with one attached hydrogen (secondary N) is 2. The number of amides is 2. The Morgan fingerprint density at radius 2 is 2.38 bits per heavy atom. The highest BCUT2D eigenvalue weighted by Gasteiger charge is 2.28. The minimum Gasteiger partial charge on any atom is -0.472 e. The number of nitrogens with zero attached hydrogens (tertiary/aromatic N) is 2. The monoisotopic (exact) mass is 332 g/mol. The third-order valence-corrected chi connectivity index (χ3v) is 4.01. The Morgan fingerprint density at radius 1 is 1.50 bits per heavy atom. The fourth-order valence-electron chi connectivity index (χ4n) is 2.73. The van der Waals surface area contributed by atoms with Crippen LogP contribution in [0.1, 0.15) is 38.5 Å². The van der Waals surface area contributed by atoms with E-state index in [9.17, 15) is 9.59 Å². The fourth-order valence-corrected chi connectivity index (χ4v) is 2.73. The van der Waals surface area contributed by atoms with Gasteiger partial charge in [-0.25, -0.2) is 0 Å². The molecule has 1 aliphatic rings. The lowest BCUT2D eigenvalue weighted by molar-refractivity contribution is 0.0730. The Labute approximate surface area is 139 Å². The third-order valence-electron chi connectivity index (χ3n) is 4.01. The summed E-state index contributed by atoms with van der Waals surface area (Å²) >= 11 is 0. The van der Waals surface area contributed by atoms with E-state index in [1.54, 1.807) is 18.1 Å². The molecule has 0 aliphatic carbocycles. The van der Waals surface area contributed by atoms with Gasteiger partial charge in [-0.05, 0) is 12.5 Å². The van der Waals surface area contributed by atoms with Gasteiger partial charge in [-0.3, -0.25) is 14.7 Å². The predicted molar refractivity (Wildman–Crippen MR) is 84.6 cm³/mol. The lowest BCUT2D eigenvalue weighted by Crippen LogP contribution is -2.36. The van der Waals surface area contributed by atoms with Crippen LogP contribution in [-0.2, 0) is 17.7 Å². The molecule has 0 spiro atoms. The van der Waals surface area contributed by atoms with E-state index < -0.39 is 0 Å². The maximum absolute atomic E-state index is 12.4. The van der Waals surface area contributed by atoms with E-state index in [1.165, 1.54) is 12.5 Å². The van der Waals surface area contributed by atoms with Crippen molar-refractivity contribution in [1.82, 2.24) is 20.4 Å². The molecule has 0 fully saturated rings. The van der Waals surface area contributed by atoms with Crippen LogP contribution < -0.4 is 5.32 Å². The highest BCUT2D eigenvalue weighted by atomic mass is 16.5. The van der Waals surface area contributed by atoms with Crippen molar-refractivity contribution in [2.24, 2.45) is 0 Å². The van der Waals surface area contributed by atoms with Crippen molar-refractivity contribution in [3.63, 3.8) is 0 Å². The van der Waals surface area contributed by atoms with Crippen LogP contribution in [0.15, 0.2) is 23.0 Å². The van der Waals surface area contributed by atoms with Crippen LogP contribution in [0, 0.1) is 0 Å². The van der Waals surface area contributed by atoms with Gasteiger partial charge in [0, 0.05) is 44.5 Å². The number of hydrogen-bond acceptors (Lipinski definition) is 5. The van der Waals surface area contributed by atoms with Crippen molar-refractivity contribution in [3.05, 3.63) is 41.1 Å². The topological polar surface area (TPSA) is 100 Å². The van der Waals surface area contributed by atoms with Crippen LogP contribution in [0.2, 0.25) is 0 Å². The second-order valence-electron chi connectivity index (χ2n) is 5.62. The van der Waals surface area contributed by atoms with Crippen LogP contribution >= 0.6 is 0 Å². The van der Waals surface area contributed by atoms with Crippen LogP contribution in [0.3, 0.4) is 0 Å². The first-order chi connectivity index (χ1) is 11.7. The zero-order valence-corrected chi connectivity index (χ0v) is 13.5. The zero-order valence-electron chi connectivity index (χ0n) is 13.5.